The van der Waals surface area contributed by atoms with Gasteiger partial charge in [-0.05, 0) is 66.4 Å². The van der Waals surface area contributed by atoms with Crippen LogP contribution in [0.2, 0.25) is 0 Å². The first-order valence-electron chi connectivity index (χ1n) is 11.5. The molecule has 180 valence electrons. The summed E-state index contributed by atoms with van der Waals surface area (Å²) < 4.78 is 33.6. The average Bonchev–Trinajstić information content (AvgIpc) is 2.85. The molecule has 6 heteroatoms. The zero-order chi connectivity index (χ0) is 25.0. The Morgan fingerprint density at radius 1 is 0.857 bits per heavy atom. The van der Waals surface area contributed by atoms with Crippen molar-refractivity contribution in [3.63, 3.8) is 0 Å². The molecule has 0 spiro atoms. The number of aryl methyl sites for hydroxylation is 2. The first-order chi connectivity index (χ1) is 16.8. The Morgan fingerprint density at radius 3 is 2.17 bits per heavy atom. The second-order valence-electron chi connectivity index (χ2n) is 8.70. The number of nitrogens with zero attached hydrogens (tertiary/aromatic N) is 1. The second-order valence-corrected chi connectivity index (χ2v) is 10.6. The quantitative estimate of drug-likeness (QED) is 0.331. The van der Waals surface area contributed by atoms with Gasteiger partial charge in [-0.1, -0.05) is 71.8 Å². The van der Waals surface area contributed by atoms with Crippen molar-refractivity contribution < 1.29 is 17.9 Å². The number of amides is 1. The van der Waals surface area contributed by atoms with Gasteiger partial charge >= 0.3 is 0 Å². The summed E-state index contributed by atoms with van der Waals surface area (Å²) in [6.07, 6.45) is 0.393. The molecule has 0 atom stereocenters. The van der Waals surface area contributed by atoms with Gasteiger partial charge in [-0.25, -0.2) is 12.7 Å². The number of rotatable bonds is 8. The van der Waals surface area contributed by atoms with Crippen LogP contribution in [0.25, 0.3) is 10.8 Å². The summed E-state index contributed by atoms with van der Waals surface area (Å²) in [4.78, 5) is 13.5. The maximum Gasteiger partial charge on any atom is 0.266 e. The van der Waals surface area contributed by atoms with Crippen LogP contribution in [0.15, 0.2) is 89.8 Å². The van der Waals surface area contributed by atoms with E-state index in [2.05, 4.69) is 0 Å². The van der Waals surface area contributed by atoms with Crippen molar-refractivity contribution >= 4 is 26.7 Å². The molecule has 0 unspecified atom stereocenters. The minimum absolute atomic E-state index is 0.00866. The smallest absolute Gasteiger partial charge is 0.266 e. The minimum atomic E-state index is -4.02. The Hall–Kier alpha value is -3.64. The third-order valence-electron chi connectivity index (χ3n) is 6.13. The van der Waals surface area contributed by atoms with Crippen LogP contribution >= 0.6 is 0 Å². The van der Waals surface area contributed by atoms with Gasteiger partial charge in [0.2, 0.25) is 5.91 Å². The Morgan fingerprint density at radius 2 is 1.51 bits per heavy atom. The molecule has 0 saturated carbocycles. The van der Waals surface area contributed by atoms with Crippen molar-refractivity contribution in [1.82, 2.24) is 4.31 Å². The van der Waals surface area contributed by atoms with Gasteiger partial charge in [0.25, 0.3) is 10.0 Å². The molecule has 0 radical (unpaired) electrons. The number of methoxy groups -OCH3 is 1. The number of carbonyl (C=O) groups is 1. The van der Waals surface area contributed by atoms with Crippen LogP contribution in [-0.4, -0.2) is 32.3 Å². The highest BCUT2D eigenvalue weighted by atomic mass is 32.2. The van der Waals surface area contributed by atoms with Crippen LogP contribution in [0.1, 0.15) is 22.3 Å². The maximum absolute atomic E-state index is 13.6. The van der Waals surface area contributed by atoms with E-state index in [-0.39, 0.29) is 17.9 Å². The Bertz CT molecular complexity index is 1440. The first kappa shape index (κ1) is 24.5. The molecule has 35 heavy (non-hydrogen) atoms. The fraction of sp³-hybridized carbons (Fsp3) is 0.207. The van der Waals surface area contributed by atoms with Gasteiger partial charge in [-0.2, -0.15) is 0 Å². The molecule has 0 bridgehead atoms. The van der Waals surface area contributed by atoms with E-state index in [1.165, 1.54) is 0 Å². The second kappa shape index (κ2) is 10.3. The van der Waals surface area contributed by atoms with Crippen LogP contribution < -0.4 is 4.74 Å². The fourth-order valence-corrected chi connectivity index (χ4v) is 5.47. The monoisotopic (exact) mass is 487 g/mol. The standard InChI is InChI=1S/C29H29NO4S/c1-21-7-11-23(12-8-21)19-29(31)30(35(32,33)27-15-9-22(2)10-16-27)18-17-25-6-4-5-24-13-14-26(34-3)20-28(24)25/h4-16,20H,17-19H2,1-3H3. The average molecular weight is 488 g/mol. The van der Waals surface area contributed by atoms with E-state index in [4.69, 9.17) is 4.74 Å². The predicted molar refractivity (Wildman–Crippen MR) is 139 cm³/mol. The van der Waals surface area contributed by atoms with E-state index in [0.29, 0.717) is 6.42 Å². The molecule has 0 aliphatic carbocycles. The largest absolute Gasteiger partial charge is 0.497 e. The van der Waals surface area contributed by atoms with Crippen molar-refractivity contribution in [1.29, 1.82) is 0 Å². The van der Waals surface area contributed by atoms with Gasteiger partial charge in [0.15, 0.2) is 0 Å². The summed E-state index contributed by atoms with van der Waals surface area (Å²) in [5, 5.41) is 2.01. The van der Waals surface area contributed by atoms with E-state index in [1.807, 2.05) is 74.5 Å². The fourth-order valence-electron chi connectivity index (χ4n) is 4.07. The molecule has 0 saturated heterocycles. The van der Waals surface area contributed by atoms with Crippen LogP contribution in [0.3, 0.4) is 0 Å². The van der Waals surface area contributed by atoms with Crippen molar-refractivity contribution in [2.45, 2.75) is 31.6 Å². The first-order valence-corrected chi connectivity index (χ1v) is 13.0. The molecule has 0 fully saturated rings. The van der Waals surface area contributed by atoms with Gasteiger partial charge in [-0.15, -0.1) is 0 Å². The van der Waals surface area contributed by atoms with Gasteiger partial charge < -0.3 is 4.74 Å². The molecule has 0 aromatic heterocycles. The Labute approximate surface area is 207 Å². The van der Waals surface area contributed by atoms with E-state index >= 15 is 0 Å². The topological polar surface area (TPSA) is 63.7 Å². The number of ether oxygens (including phenoxy) is 1. The third-order valence-corrected chi connectivity index (χ3v) is 7.96. The summed E-state index contributed by atoms with van der Waals surface area (Å²) in [5.74, 6) is 0.275. The molecule has 4 aromatic rings. The molecule has 0 heterocycles. The lowest BCUT2D eigenvalue weighted by molar-refractivity contribution is -0.125. The number of fused-ring (bicyclic) bond motifs is 1. The molecule has 1 amide bonds. The molecule has 4 aromatic carbocycles. The van der Waals surface area contributed by atoms with Crippen LogP contribution in [0, 0.1) is 13.8 Å². The summed E-state index contributed by atoms with van der Waals surface area (Å²) in [5.41, 5.74) is 3.76. The Balaban J connectivity index is 1.67. The molecule has 0 aliphatic rings. The van der Waals surface area contributed by atoms with Gasteiger partial charge in [-0.3, -0.25) is 4.79 Å². The van der Waals surface area contributed by atoms with E-state index in [1.54, 1.807) is 31.4 Å². The number of hydrogen-bond donors (Lipinski definition) is 0. The van der Waals surface area contributed by atoms with Crippen LogP contribution in [0.5, 0.6) is 5.75 Å². The number of hydrogen-bond acceptors (Lipinski definition) is 4. The third kappa shape index (κ3) is 5.54. The Kier molecular flexibility index (Phi) is 7.22. The highest BCUT2D eigenvalue weighted by molar-refractivity contribution is 7.89. The molecule has 0 aliphatic heterocycles. The van der Waals surface area contributed by atoms with E-state index in [0.717, 1.165) is 43.1 Å². The van der Waals surface area contributed by atoms with Crippen molar-refractivity contribution in [3.8, 4) is 5.75 Å². The summed E-state index contributed by atoms with van der Waals surface area (Å²) in [6, 6.07) is 25.9. The van der Waals surface area contributed by atoms with Crippen molar-refractivity contribution in [3.05, 3.63) is 107 Å². The number of sulfonamides is 1. The maximum atomic E-state index is 13.6. The van der Waals surface area contributed by atoms with Crippen LogP contribution in [0.4, 0.5) is 0 Å². The normalized spacial score (nSPS) is 11.4. The lowest BCUT2D eigenvalue weighted by atomic mass is 10.0. The molecular weight excluding hydrogens is 458 g/mol. The molecule has 0 N–H and O–H groups in total. The van der Waals surface area contributed by atoms with E-state index in [9.17, 15) is 13.2 Å². The van der Waals surface area contributed by atoms with Crippen LogP contribution in [-0.2, 0) is 27.7 Å². The molecular formula is C29H29NO4S. The van der Waals surface area contributed by atoms with E-state index < -0.39 is 15.9 Å². The highest BCUT2D eigenvalue weighted by Crippen LogP contribution is 2.26. The number of benzene rings is 4. The lowest BCUT2D eigenvalue weighted by Gasteiger charge is -2.23. The molecule has 4 rings (SSSR count). The highest BCUT2D eigenvalue weighted by Gasteiger charge is 2.29. The van der Waals surface area contributed by atoms with Crippen molar-refractivity contribution in [2.75, 3.05) is 13.7 Å². The van der Waals surface area contributed by atoms with Crippen molar-refractivity contribution in [2.24, 2.45) is 0 Å². The lowest BCUT2D eigenvalue weighted by Crippen LogP contribution is -2.39. The van der Waals surface area contributed by atoms with Gasteiger partial charge in [0, 0.05) is 6.54 Å². The summed E-state index contributed by atoms with van der Waals surface area (Å²) >= 11 is 0. The zero-order valence-electron chi connectivity index (χ0n) is 20.2. The predicted octanol–water partition coefficient (Wildman–Crippen LogP) is 5.47. The summed E-state index contributed by atoms with van der Waals surface area (Å²) in [6.45, 7) is 3.90. The number of carbonyl (C=O) groups excluding carboxylic acids is 1. The molecule has 5 nitrogen and oxygen atoms in total. The minimum Gasteiger partial charge on any atom is -0.497 e. The van der Waals surface area contributed by atoms with Gasteiger partial charge in [0.05, 0.1) is 18.4 Å². The summed E-state index contributed by atoms with van der Waals surface area (Å²) in [7, 11) is -2.41. The van der Waals surface area contributed by atoms with Gasteiger partial charge in [0.1, 0.15) is 5.75 Å². The zero-order valence-corrected chi connectivity index (χ0v) is 21.0. The SMILES string of the molecule is COc1ccc2cccc(CCN(C(=O)Cc3ccc(C)cc3)S(=O)(=O)c3ccc(C)cc3)c2c1.